The van der Waals surface area contributed by atoms with Gasteiger partial charge in [-0.1, -0.05) is 42.5 Å². The first kappa shape index (κ1) is 12.3. The highest BCUT2D eigenvalue weighted by Crippen LogP contribution is 2.19. The van der Waals surface area contributed by atoms with Crippen molar-refractivity contribution in [1.29, 1.82) is 0 Å². The van der Waals surface area contributed by atoms with Gasteiger partial charge in [0, 0.05) is 5.56 Å². The van der Waals surface area contributed by atoms with Crippen molar-refractivity contribution in [2.45, 2.75) is 12.6 Å². The van der Waals surface area contributed by atoms with Crippen LogP contribution in [0.15, 0.2) is 59.4 Å². The van der Waals surface area contributed by atoms with Gasteiger partial charge in [-0.2, -0.15) is 0 Å². The quantitative estimate of drug-likeness (QED) is 0.691. The zero-order chi connectivity index (χ0) is 14.2. The summed E-state index contributed by atoms with van der Waals surface area (Å²) in [6.07, 6.45) is 0.150. The van der Waals surface area contributed by atoms with Crippen LogP contribution in [0.2, 0.25) is 0 Å². The third kappa shape index (κ3) is 2.23. The van der Waals surface area contributed by atoms with E-state index in [1.54, 1.807) is 4.57 Å². The van der Waals surface area contributed by atoms with Crippen LogP contribution in [0, 0.1) is 0 Å². The lowest BCUT2D eigenvalue weighted by molar-refractivity contribution is 0.383. The minimum absolute atomic E-state index is 0.0598. The highest BCUT2D eigenvalue weighted by Gasteiger charge is 2.25. The first-order valence-electron chi connectivity index (χ1n) is 6.99. The van der Waals surface area contributed by atoms with Gasteiger partial charge in [0.2, 0.25) is 0 Å². The summed E-state index contributed by atoms with van der Waals surface area (Å²) in [6, 6.07) is 17.3. The lowest BCUT2D eigenvalue weighted by Crippen LogP contribution is -2.25. The highest BCUT2D eigenvalue weighted by molar-refractivity contribution is 5.77. The molecule has 0 aliphatic carbocycles. The number of ether oxygens (including phenoxy) is 1. The van der Waals surface area contributed by atoms with Crippen LogP contribution in [0.1, 0.15) is 0 Å². The van der Waals surface area contributed by atoms with Crippen molar-refractivity contribution in [2.24, 2.45) is 0 Å². The van der Waals surface area contributed by atoms with Gasteiger partial charge >= 0.3 is 0 Å². The number of fused-ring (bicyclic) bond motifs is 1. The van der Waals surface area contributed by atoms with Gasteiger partial charge in [0.15, 0.2) is 0 Å². The maximum atomic E-state index is 12.8. The topological polar surface area (TPSA) is 47.4 Å². The van der Waals surface area contributed by atoms with Crippen molar-refractivity contribution in [3.63, 3.8) is 0 Å². The molecule has 0 spiro atoms. The van der Waals surface area contributed by atoms with Crippen LogP contribution >= 0.6 is 0 Å². The van der Waals surface area contributed by atoms with Crippen molar-refractivity contribution >= 4 is 11.0 Å². The van der Waals surface area contributed by atoms with E-state index < -0.39 is 0 Å². The lowest BCUT2D eigenvalue weighted by Gasteiger charge is -2.11. The van der Waals surface area contributed by atoms with Gasteiger partial charge in [-0.05, 0) is 12.1 Å². The summed E-state index contributed by atoms with van der Waals surface area (Å²) >= 11 is 0. The first-order chi connectivity index (χ1) is 10.3. The van der Waals surface area contributed by atoms with E-state index in [0.29, 0.717) is 12.2 Å². The van der Waals surface area contributed by atoms with Gasteiger partial charge < -0.3 is 9.30 Å². The fourth-order valence-corrected chi connectivity index (χ4v) is 2.53. The van der Waals surface area contributed by atoms with Gasteiger partial charge in [-0.15, -0.1) is 0 Å². The second-order valence-electron chi connectivity index (χ2n) is 5.19. The number of rotatable bonds is 3. The molecule has 1 fully saturated rings. The van der Waals surface area contributed by atoms with E-state index in [9.17, 15) is 4.79 Å². The number of hydrogen-bond acceptors (Lipinski definition) is 3. The Morgan fingerprint density at radius 3 is 2.57 bits per heavy atom. The van der Waals surface area contributed by atoms with Crippen LogP contribution in [0.5, 0.6) is 0 Å². The van der Waals surface area contributed by atoms with E-state index in [2.05, 4.69) is 4.98 Å². The molecule has 0 bridgehead atoms. The second-order valence-corrected chi connectivity index (χ2v) is 5.19. The number of aromatic nitrogens is 2. The fraction of sp³-hybridized carbons (Fsp3) is 0.176. The maximum Gasteiger partial charge on any atom is 0.277 e. The molecule has 4 rings (SSSR count). The minimum atomic E-state index is -0.0598. The van der Waals surface area contributed by atoms with Crippen LogP contribution in [0.25, 0.3) is 22.3 Å². The van der Waals surface area contributed by atoms with E-state index in [0.717, 1.165) is 23.2 Å². The largest absolute Gasteiger partial charge is 0.371 e. The van der Waals surface area contributed by atoms with Crippen molar-refractivity contribution in [2.75, 3.05) is 6.61 Å². The normalized spacial score (nSPS) is 17.0. The molecule has 4 heteroatoms. The van der Waals surface area contributed by atoms with Crippen molar-refractivity contribution in [3.8, 4) is 11.3 Å². The monoisotopic (exact) mass is 278 g/mol. The molecule has 1 saturated heterocycles. The van der Waals surface area contributed by atoms with Crippen LogP contribution in [0.3, 0.4) is 0 Å². The van der Waals surface area contributed by atoms with Gasteiger partial charge in [-0.25, -0.2) is 4.98 Å². The first-order valence-corrected chi connectivity index (χ1v) is 6.99. The summed E-state index contributed by atoms with van der Waals surface area (Å²) in [5.41, 5.74) is 2.97. The van der Waals surface area contributed by atoms with Crippen LogP contribution in [-0.2, 0) is 11.3 Å². The molecule has 0 radical (unpaired) electrons. The average molecular weight is 278 g/mol. The standard InChI is InChI=1S/C17H14N2O2/c20-17-16(12-6-2-1-3-7-12)18-14-8-4-5-9-15(14)19(17)10-13-11-21-13/h1-9,13H,10-11H2/t13-/m1/s1. The fourth-order valence-electron chi connectivity index (χ4n) is 2.53. The minimum Gasteiger partial charge on any atom is -0.371 e. The number of epoxide rings is 1. The number of nitrogens with zero attached hydrogens (tertiary/aromatic N) is 2. The van der Waals surface area contributed by atoms with E-state index >= 15 is 0 Å². The molecule has 0 amide bonds. The Morgan fingerprint density at radius 1 is 1.10 bits per heavy atom. The third-order valence-corrected chi connectivity index (χ3v) is 3.69. The molecule has 4 nitrogen and oxygen atoms in total. The Labute approximate surface area is 121 Å². The summed E-state index contributed by atoms with van der Waals surface area (Å²) in [5.74, 6) is 0. The van der Waals surface area contributed by atoms with Crippen molar-refractivity contribution in [3.05, 3.63) is 65.0 Å². The van der Waals surface area contributed by atoms with Crippen LogP contribution in [0.4, 0.5) is 0 Å². The van der Waals surface area contributed by atoms with E-state index in [-0.39, 0.29) is 11.7 Å². The molecule has 1 aliphatic heterocycles. The molecule has 104 valence electrons. The summed E-state index contributed by atoms with van der Waals surface area (Å²) in [7, 11) is 0. The summed E-state index contributed by atoms with van der Waals surface area (Å²) < 4.78 is 7.06. The average Bonchev–Trinajstić information content (AvgIpc) is 3.35. The van der Waals surface area contributed by atoms with Crippen LogP contribution in [-0.4, -0.2) is 22.3 Å². The molecule has 0 saturated carbocycles. The number of benzene rings is 2. The second kappa shape index (κ2) is 4.82. The van der Waals surface area contributed by atoms with Crippen molar-refractivity contribution in [1.82, 2.24) is 9.55 Å². The summed E-state index contributed by atoms with van der Waals surface area (Å²) in [6.45, 7) is 1.31. The van der Waals surface area contributed by atoms with Gasteiger partial charge in [-0.3, -0.25) is 4.79 Å². The Balaban J connectivity index is 1.99. The predicted molar refractivity (Wildman–Crippen MR) is 81.2 cm³/mol. The van der Waals surface area contributed by atoms with Gasteiger partial charge in [0.05, 0.1) is 30.3 Å². The lowest BCUT2D eigenvalue weighted by atomic mass is 10.1. The maximum absolute atomic E-state index is 12.8. The Bertz CT molecular complexity index is 852. The molecule has 1 atom stereocenters. The van der Waals surface area contributed by atoms with E-state index in [1.807, 2.05) is 54.6 Å². The summed E-state index contributed by atoms with van der Waals surface area (Å²) in [4.78, 5) is 17.4. The molecule has 1 aromatic heterocycles. The molecular formula is C17H14N2O2. The van der Waals surface area contributed by atoms with Gasteiger partial charge in [0.25, 0.3) is 5.56 Å². The smallest absolute Gasteiger partial charge is 0.277 e. The Hall–Kier alpha value is -2.46. The Kier molecular flexibility index (Phi) is 2.82. The van der Waals surface area contributed by atoms with E-state index in [1.165, 1.54) is 0 Å². The zero-order valence-electron chi connectivity index (χ0n) is 11.4. The molecule has 0 unspecified atom stereocenters. The molecule has 3 aromatic rings. The third-order valence-electron chi connectivity index (χ3n) is 3.69. The van der Waals surface area contributed by atoms with Crippen LogP contribution < -0.4 is 5.56 Å². The van der Waals surface area contributed by atoms with E-state index in [4.69, 9.17) is 4.74 Å². The SMILES string of the molecule is O=c1c(-c2ccccc2)nc2ccccc2n1C[C@@H]1CO1. The molecule has 2 heterocycles. The van der Waals surface area contributed by atoms with Gasteiger partial charge in [0.1, 0.15) is 5.69 Å². The predicted octanol–water partition coefficient (Wildman–Crippen LogP) is 2.46. The zero-order valence-corrected chi connectivity index (χ0v) is 11.4. The number of hydrogen-bond donors (Lipinski definition) is 0. The molecule has 0 N–H and O–H groups in total. The Morgan fingerprint density at radius 2 is 1.81 bits per heavy atom. The van der Waals surface area contributed by atoms with Crippen molar-refractivity contribution < 1.29 is 4.74 Å². The summed E-state index contributed by atoms with van der Waals surface area (Å²) in [5, 5.41) is 0. The molecular weight excluding hydrogens is 264 g/mol. The number of para-hydroxylation sites is 2. The highest BCUT2D eigenvalue weighted by atomic mass is 16.6. The molecule has 21 heavy (non-hydrogen) atoms. The molecule has 2 aromatic carbocycles. The molecule has 1 aliphatic rings.